The first kappa shape index (κ1) is 17.6. The Hall–Kier alpha value is -1.78. The van der Waals surface area contributed by atoms with Crippen molar-refractivity contribution in [2.45, 2.75) is 37.3 Å². The van der Waals surface area contributed by atoms with E-state index in [0.29, 0.717) is 12.0 Å². The number of hydrogen-bond donors (Lipinski definition) is 2. The molecular weight excluding hydrogens is 306 g/mol. The monoisotopic (exact) mass is 329 g/mol. The normalized spacial score (nSPS) is 13.4. The number of nitrogens with one attached hydrogen (secondary N) is 1. The Kier molecular flexibility index (Phi) is 6.25. The first-order valence-electron chi connectivity index (χ1n) is 7.68. The SMILES string of the molecule is CSc1ccc(C)c(C(=O)NC(C)C(O)Cc2ccccc2)c1. The lowest BCUT2D eigenvalue weighted by atomic mass is 10.0. The van der Waals surface area contributed by atoms with Crippen LogP contribution in [0.3, 0.4) is 0 Å². The van der Waals surface area contributed by atoms with Crippen LogP contribution in [-0.4, -0.2) is 29.4 Å². The summed E-state index contributed by atoms with van der Waals surface area (Å²) in [5, 5.41) is 13.2. The Bertz CT molecular complexity index is 658. The number of aryl methyl sites for hydroxylation is 1. The molecule has 3 nitrogen and oxygen atoms in total. The molecule has 4 heteroatoms. The third kappa shape index (κ3) is 4.85. The Labute approximate surface area is 142 Å². The molecule has 0 radical (unpaired) electrons. The Morgan fingerprint density at radius 1 is 1.22 bits per heavy atom. The summed E-state index contributed by atoms with van der Waals surface area (Å²) in [4.78, 5) is 13.5. The van der Waals surface area contributed by atoms with Crippen molar-refractivity contribution in [3.8, 4) is 0 Å². The second-order valence-corrected chi connectivity index (χ2v) is 6.58. The molecule has 0 heterocycles. The van der Waals surface area contributed by atoms with Gasteiger partial charge in [-0.2, -0.15) is 0 Å². The topological polar surface area (TPSA) is 49.3 Å². The van der Waals surface area contributed by atoms with Crippen LogP contribution in [0.2, 0.25) is 0 Å². The van der Waals surface area contributed by atoms with Crippen LogP contribution in [0, 0.1) is 6.92 Å². The summed E-state index contributed by atoms with van der Waals surface area (Å²) in [6.45, 7) is 3.75. The van der Waals surface area contributed by atoms with Crippen LogP contribution in [0.25, 0.3) is 0 Å². The number of aliphatic hydroxyl groups is 1. The van der Waals surface area contributed by atoms with E-state index in [1.807, 2.05) is 68.6 Å². The third-order valence-electron chi connectivity index (χ3n) is 3.91. The number of aliphatic hydroxyl groups excluding tert-OH is 1. The second-order valence-electron chi connectivity index (χ2n) is 5.70. The van der Waals surface area contributed by atoms with Crippen molar-refractivity contribution in [3.63, 3.8) is 0 Å². The van der Waals surface area contributed by atoms with E-state index in [-0.39, 0.29) is 11.9 Å². The highest BCUT2D eigenvalue weighted by molar-refractivity contribution is 7.98. The molecule has 2 unspecified atom stereocenters. The molecule has 122 valence electrons. The standard InChI is InChI=1S/C19H23NO2S/c1-13-9-10-16(23-3)12-17(13)19(22)20-14(2)18(21)11-15-7-5-4-6-8-15/h4-10,12,14,18,21H,11H2,1-3H3,(H,20,22). The average Bonchev–Trinajstić information content (AvgIpc) is 2.56. The molecule has 2 aromatic carbocycles. The maximum Gasteiger partial charge on any atom is 0.251 e. The minimum absolute atomic E-state index is 0.141. The van der Waals surface area contributed by atoms with Gasteiger partial charge in [-0.25, -0.2) is 0 Å². The summed E-state index contributed by atoms with van der Waals surface area (Å²) >= 11 is 1.61. The highest BCUT2D eigenvalue weighted by Crippen LogP contribution is 2.19. The van der Waals surface area contributed by atoms with E-state index in [1.165, 1.54) is 0 Å². The zero-order chi connectivity index (χ0) is 16.8. The molecule has 0 aromatic heterocycles. The van der Waals surface area contributed by atoms with Crippen molar-refractivity contribution in [2.24, 2.45) is 0 Å². The van der Waals surface area contributed by atoms with Gasteiger partial charge in [0.05, 0.1) is 12.1 Å². The molecule has 1 amide bonds. The maximum absolute atomic E-state index is 12.5. The average molecular weight is 329 g/mol. The molecule has 0 aliphatic carbocycles. The molecule has 0 saturated carbocycles. The van der Waals surface area contributed by atoms with E-state index >= 15 is 0 Å². The summed E-state index contributed by atoms with van der Waals surface area (Å²) in [5.41, 5.74) is 2.65. The van der Waals surface area contributed by atoms with Gasteiger partial charge in [-0.05, 0) is 43.4 Å². The van der Waals surface area contributed by atoms with Crippen LogP contribution < -0.4 is 5.32 Å². The van der Waals surface area contributed by atoms with Gasteiger partial charge >= 0.3 is 0 Å². The predicted molar refractivity (Wildman–Crippen MR) is 96.0 cm³/mol. The molecule has 0 fully saturated rings. The van der Waals surface area contributed by atoms with Crippen LogP contribution in [0.5, 0.6) is 0 Å². The highest BCUT2D eigenvalue weighted by Gasteiger charge is 2.19. The van der Waals surface area contributed by atoms with Crippen molar-refractivity contribution in [3.05, 3.63) is 65.2 Å². The molecule has 0 aliphatic heterocycles. The molecule has 0 aliphatic rings. The summed E-state index contributed by atoms with van der Waals surface area (Å²) in [6.07, 6.45) is 1.88. The van der Waals surface area contributed by atoms with Crippen molar-refractivity contribution in [1.82, 2.24) is 5.32 Å². The lowest BCUT2D eigenvalue weighted by Crippen LogP contribution is -2.42. The number of carbonyl (C=O) groups excluding carboxylic acids is 1. The molecular formula is C19H23NO2S. The maximum atomic E-state index is 12.5. The summed E-state index contributed by atoms with van der Waals surface area (Å²) in [6, 6.07) is 15.3. The lowest BCUT2D eigenvalue weighted by molar-refractivity contribution is 0.0851. The van der Waals surface area contributed by atoms with Gasteiger partial charge in [-0.3, -0.25) is 4.79 Å². The smallest absolute Gasteiger partial charge is 0.251 e. The second kappa shape index (κ2) is 8.18. The molecule has 0 bridgehead atoms. The van der Waals surface area contributed by atoms with E-state index in [1.54, 1.807) is 11.8 Å². The summed E-state index contributed by atoms with van der Waals surface area (Å²) < 4.78 is 0. The quantitative estimate of drug-likeness (QED) is 0.798. The van der Waals surface area contributed by atoms with Gasteiger partial charge < -0.3 is 10.4 Å². The Morgan fingerprint density at radius 3 is 2.57 bits per heavy atom. The van der Waals surface area contributed by atoms with E-state index in [2.05, 4.69) is 5.32 Å². The number of carbonyl (C=O) groups is 1. The van der Waals surface area contributed by atoms with Crippen molar-refractivity contribution in [2.75, 3.05) is 6.26 Å². The number of amides is 1. The van der Waals surface area contributed by atoms with Gasteiger partial charge in [0.15, 0.2) is 0 Å². The van der Waals surface area contributed by atoms with E-state index < -0.39 is 6.10 Å². The third-order valence-corrected chi connectivity index (χ3v) is 4.64. The van der Waals surface area contributed by atoms with Gasteiger partial charge in [-0.1, -0.05) is 36.4 Å². The summed E-state index contributed by atoms with van der Waals surface area (Å²) in [7, 11) is 0. The van der Waals surface area contributed by atoms with Crippen LogP contribution >= 0.6 is 11.8 Å². The highest BCUT2D eigenvalue weighted by atomic mass is 32.2. The van der Waals surface area contributed by atoms with E-state index in [0.717, 1.165) is 16.0 Å². The van der Waals surface area contributed by atoms with Gasteiger partial charge in [0.2, 0.25) is 0 Å². The fourth-order valence-corrected chi connectivity index (χ4v) is 2.83. The fraction of sp³-hybridized carbons (Fsp3) is 0.316. The van der Waals surface area contributed by atoms with Crippen LogP contribution in [0.1, 0.15) is 28.4 Å². The van der Waals surface area contributed by atoms with Gasteiger partial charge in [0.25, 0.3) is 5.91 Å². The first-order chi connectivity index (χ1) is 11.0. The largest absolute Gasteiger partial charge is 0.391 e. The van der Waals surface area contributed by atoms with Gasteiger partial charge in [-0.15, -0.1) is 11.8 Å². The van der Waals surface area contributed by atoms with Crippen molar-refractivity contribution in [1.29, 1.82) is 0 Å². The Morgan fingerprint density at radius 2 is 1.91 bits per heavy atom. The van der Waals surface area contributed by atoms with E-state index in [9.17, 15) is 9.90 Å². The van der Waals surface area contributed by atoms with Crippen molar-refractivity contribution < 1.29 is 9.90 Å². The zero-order valence-corrected chi connectivity index (χ0v) is 14.6. The predicted octanol–water partition coefficient (Wildman–Crippen LogP) is 3.44. The number of benzene rings is 2. The molecule has 23 heavy (non-hydrogen) atoms. The van der Waals surface area contributed by atoms with E-state index in [4.69, 9.17) is 0 Å². The first-order valence-corrected chi connectivity index (χ1v) is 8.91. The molecule has 2 atom stereocenters. The van der Waals surface area contributed by atoms with Crippen LogP contribution in [0.4, 0.5) is 0 Å². The molecule has 2 N–H and O–H groups in total. The van der Waals surface area contributed by atoms with Gasteiger partial charge in [0.1, 0.15) is 0 Å². The molecule has 2 aromatic rings. The number of rotatable bonds is 6. The minimum Gasteiger partial charge on any atom is -0.391 e. The lowest BCUT2D eigenvalue weighted by Gasteiger charge is -2.21. The minimum atomic E-state index is -0.620. The number of thioether (sulfide) groups is 1. The fourth-order valence-electron chi connectivity index (χ4n) is 2.39. The molecule has 2 rings (SSSR count). The van der Waals surface area contributed by atoms with Crippen molar-refractivity contribution >= 4 is 17.7 Å². The number of hydrogen-bond acceptors (Lipinski definition) is 3. The van der Waals surface area contributed by atoms with Crippen LogP contribution in [0.15, 0.2) is 53.4 Å². The molecule has 0 spiro atoms. The van der Waals surface area contributed by atoms with Gasteiger partial charge in [0, 0.05) is 16.9 Å². The summed E-state index contributed by atoms with van der Waals surface area (Å²) in [5.74, 6) is -0.141. The zero-order valence-electron chi connectivity index (χ0n) is 13.7. The Balaban J connectivity index is 2.01. The van der Waals surface area contributed by atoms with Crippen LogP contribution in [-0.2, 0) is 6.42 Å². The molecule has 0 saturated heterocycles.